The minimum absolute atomic E-state index is 0.0121. The van der Waals surface area contributed by atoms with E-state index < -0.39 is 0 Å². The maximum atomic E-state index is 11.9. The van der Waals surface area contributed by atoms with Gasteiger partial charge in [-0.05, 0) is 44.5 Å². The third-order valence-corrected chi connectivity index (χ3v) is 4.30. The zero-order chi connectivity index (χ0) is 17.5. The normalized spacial score (nSPS) is 15.4. The Bertz CT molecular complexity index is 550. The molecule has 6 heteroatoms. The number of nitrogens with zero attached hydrogens (tertiary/aromatic N) is 1. The van der Waals surface area contributed by atoms with Crippen LogP contribution in [0, 0.1) is 0 Å². The number of amides is 1. The summed E-state index contributed by atoms with van der Waals surface area (Å²) >= 11 is 0. The second-order valence-electron chi connectivity index (χ2n) is 6.06. The molecule has 1 aliphatic heterocycles. The standard InChI is InChI=1S/C18H28N2O4/c1-5-20(14(3)19-18(21)8-9-22-4)13(2)10-15-6-7-16-17(11-15)24-12-23-16/h6-7,11,13-14H,5,8-10,12H2,1-4H3,(H,19,21). The predicted molar refractivity (Wildman–Crippen MR) is 92.2 cm³/mol. The van der Waals surface area contributed by atoms with Crippen molar-refractivity contribution in [2.24, 2.45) is 0 Å². The fraction of sp³-hybridized carbons (Fsp3) is 0.611. The summed E-state index contributed by atoms with van der Waals surface area (Å²) in [7, 11) is 1.60. The van der Waals surface area contributed by atoms with Crippen LogP contribution < -0.4 is 14.8 Å². The Kier molecular flexibility index (Phi) is 6.87. The van der Waals surface area contributed by atoms with Crippen molar-refractivity contribution < 1.29 is 19.0 Å². The number of carbonyl (C=O) groups excluding carboxylic acids is 1. The third kappa shape index (κ3) is 4.85. The van der Waals surface area contributed by atoms with Gasteiger partial charge in [-0.15, -0.1) is 0 Å². The molecule has 24 heavy (non-hydrogen) atoms. The lowest BCUT2D eigenvalue weighted by molar-refractivity contribution is -0.124. The first-order valence-electron chi connectivity index (χ1n) is 8.47. The minimum atomic E-state index is -0.0247. The van der Waals surface area contributed by atoms with Crippen LogP contribution in [0.3, 0.4) is 0 Å². The highest BCUT2D eigenvalue weighted by Crippen LogP contribution is 2.33. The summed E-state index contributed by atoms with van der Waals surface area (Å²) < 4.78 is 15.7. The van der Waals surface area contributed by atoms with Gasteiger partial charge in [-0.2, -0.15) is 0 Å². The number of nitrogens with one attached hydrogen (secondary N) is 1. The van der Waals surface area contributed by atoms with E-state index >= 15 is 0 Å². The van der Waals surface area contributed by atoms with Gasteiger partial charge in [0.2, 0.25) is 12.7 Å². The van der Waals surface area contributed by atoms with Crippen molar-refractivity contribution in [3.05, 3.63) is 23.8 Å². The molecule has 0 saturated carbocycles. The van der Waals surface area contributed by atoms with Gasteiger partial charge >= 0.3 is 0 Å². The van der Waals surface area contributed by atoms with E-state index in [0.717, 1.165) is 24.5 Å². The van der Waals surface area contributed by atoms with Gasteiger partial charge in [0.1, 0.15) is 0 Å². The van der Waals surface area contributed by atoms with Crippen LogP contribution in [-0.2, 0) is 16.0 Å². The second-order valence-corrected chi connectivity index (χ2v) is 6.06. The Balaban J connectivity index is 1.92. The number of fused-ring (bicyclic) bond motifs is 1. The molecule has 1 aromatic carbocycles. The lowest BCUT2D eigenvalue weighted by atomic mass is 10.0. The summed E-state index contributed by atoms with van der Waals surface area (Å²) in [6, 6.07) is 6.35. The zero-order valence-electron chi connectivity index (χ0n) is 15.0. The summed E-state index contributed by atoms with van der Waals surface area (Å²) in [5, 5.41) is 3.04. The molecular weight excluding hydrogens is 308 g/mol. The molecule has 0 radical (unpaired) electrons. The molecule has 1 amide bonds. The first-order valence-corrected chi connectivity index (χ1v) is 8.47. The number of hydrogen-bond donors (Lipinski definition) is 1. The Labute approximate surface area is 144 Å². The molecule has 1 N–H and O–H groups in total. The van der Waals surface area contributed by atoms with Gasteiger partial charge in [0.25, 0.3) is 0 Å². The Morgan fingerprint density at radius 1 is 1.33 bits per heavy atom. The fourth-order valence-electron chi connectivity index (χ4n) is 3.08. The van der Waals surface area contributed by atoms with Crippen LogP contribution in [0.4, 0.5) is 0 Å². The highest BCUT2D eigenvalue weighted by atomic mass is 16.7. The number of methoxy groups -OCH3 is 1. The quantitative estimate of drug-likeness (QED) is 0.700. The van der Waals surface area contributed by atoms with Gasteiger partial charge in [0, 0.05) is 19.6 Å². The molecular formula is C18H28N2O4. The summed E-state index contributed by atoms with van der Waals surface area (Å²) in [5.41, 5.74) is 1.20. The molecule has 6 nitrogen and oxygen atoms in total. The number of benzene rings is 1. The van der Waals surface area contributed by atoms with E-state index in [4.69, 9.17) is 14.2 Å². The van der Waals surface area contributed by atoms with Crippen LogP contribution in [0.25, 0.3) is 0 Å². The maximum Gasteiger partial charge on any atom is 0.231 e. The van der Waals surface area contributed by atoms with E-state index in [1.54, 1.807) is 7.11 Å². The number of likely N-dealkylation sites (N-methyl/N-ethyl adjacent to an activating group) is 1. The topological polar surface area (TPSA) is 60.0 Å². The largest absolute Gasteiger partial charge is 0.454 e. The van der Waals surface area contributed by atoms with Crippen molar-refractivity contribution in [2.45, 2.75) is 45.8 Å². The van der Waals surface area contributed by atoms with Crippen molar-refractivity contribution in [2.75, 3.05) is 27.1 Å². The molecule has 134 valence electrons. The molecule has 0 aliphatic carbocycles. The van der Waals surface area contributed by atoms with E-state index in [1.807, 2.05) is 19.1 Å². The molecule has 2 unspecified atom stereocenters. The van der Waals surface area contributed by atoms with Gasteiger partial charge in [-0.3, -0.25) is 9.69 Å². The van der Waals surface area contributed by atoms with Gasteiger partial charge in [-0.25, -0.2) is 0 Å². The van der Waals surface area contributed by atoms with Gasteiger partial charge < -0.3 is 19.5 Å². The van der Waals surface area contributed by atoms with E-state index in [1.165, 1.54) is 5.56 Å². The van der Waals surface area contributed by atoms with E-state index in [9.17, 15) is 4.79 Å². The summed E-state index contributed by atoms with van der Waals surface area (Å²) in [6.07, 6.45) is 1.24. The number of rotatable bonds is 9. The van der Waals surface area contributed by atoms with Crippen LogP contribution >= 0.6 is 0 Å². The molecule has 1 aliphatic rings. The lowest BCUT2D eigenvalue weighted by Gasteiger charge is -2.34. The number of hydrogen-bond acceptors (Lipinski definition) is 5. The van der Waals surface area contributed by atoms with Crippen LogP contribution in [0.2, 0.25) is 0 Å². The van der Waals surface area contributed by atoms with Crippen molar-refractivity contribution in [3.63, 3.8) is 0 Å². The van der Waals surface area contributed by atoms with Crippen LogP contribution in [0.15, 0.2) is 18.2 Å². The van der Waals surface area contributed by atoms with E-state index in [-0.39, 0.29) is 18.1 Å². The van der Waals surface area contributed by atoms with Crippen molar-refractivity contribution >= 4 is 5.91 Å². The van der Waals surface area contributed by atoms with Gasteiger partial charge in [-0.1, -0.05) is 13.0 Å². The fourth-order valence-corrected chi connectivity index (χ4v) is 3.08. The molecule has 2 atom stereocenters. The first kappa shape index (κ1) is 18.5. The highest BCUT2D eigenvalue weighted by Gasteiger charge is 2.21. The third-order valence-electron chi connectivity index (χ3n) is 4.30. The Morgan fingerprint density at radius 2 is 2.08 bits per heavy atom. The average Bonchev–Trinajstić information content (AvgIpc) is 3.01. The van der Waals surface area contributed by atoms with Crippen LogP contribution in [0.5, 0.6) is 11.5 Å². The maximum absolute atomic E-state index is 11.9. The molecule has 2 rings (SSSR count). The van der Waals surface area contributed by atoms with Crippen molar-refractivity contribution in [1.82, 2.24) is 10.2 Å². The summed E-state index contributed by atoms with van der Waals surface area (Å²) in [4.78, 5) is 14.2. The first-order chi connectivity index (χ1) is 11.5. The smallest absolute Gasteiger partial charge is 0.231 e. The number of ether oxygens (including phenoxy) is 3. The van der Waals surface area contributed by atoms with Gasteiger partial charge in [0.05, 0.1) is 12.8 Å². The molecule has 0 spiro atoms. The van der Waals surface area contributed by atoms with Crippen LogP contribution in [-0.4, -0.2) is 50.1 Å². The summed E-state index contributed by atoms with van der Waals surface area (Å²) in [5.74, 6) is 1.62. The van der Waals surface area contributed by atoms with E-state index in [2.05, 4.69) is 30.1 Å². The molecule has 0 aromatic heterocycles. The molecule has 0 saturated heterocycles. The Hall–Kier alpha value is -1.79. The van der Waals surface area contributed by atoms with Crippen LogP contribution in [0.1, 0.15) is 32.8 Å². The zero-order valence-corrected chi connectivity index (χ0v) is 15.0. The lowest BCUT2D eigenvalue weighted by Crippen LogP contribution is -2.50. The number of carbonyl (C=O) groups is 1. The monoisotopic (exact) mass is 336 g/mol. The van der Waals surface area contributed by atoms with Gasteiger partial charge in [0.15, 0.2) is 11.5 Å². The average molecular weight is 336 g/mol. The molecule has 0 fully saturated rings. The second kappa shape index (κ2) is 8.89. The molecule has 1 heterocycles. The predicted octanol–water partition coefficient (Wildman–Crippen LogP) is 2.17. The SMILES string of the molecule is CCN(C(C)Cc1ccc2c(c1)OCO2)C(C)NC(=O)CCOC. The molecule has 1 aromatic rings. The summed E-state index contributed by atoms with van der Waals surface area (Å²) in [6.45, 7) is 7.89. The minimum Gasteiger partial charge on any atom is -0.454 e. The van der Waals surface area contributed by atoms with Crippen molar-refractivity contribution in [1.29, 1.82) is 0 Å². The highest BCUT2D eigenvalue weighted by molar-refractivity contribution is 5.76. The Morgan fingerprint density at radius 3 is 2.79 bits per heavy atom. The van der Waals surface area contributed by atoms with Crippen molar-refractivity contribution in [3.8, 4) is 11.5 Å². The van der Waals surface area contributed by atoms with E-state index in [0.29, 0.717) is 19.8 Å². The molecule has 0 bridgehead atoms.